The van der Waals surface area contributed by atoms with Gasteiger partial charge in [-0.3, -0.25) is 14.4 Å². The quantitative estimate of drug-likeness (QED) is 0.0261. The molecule has 0 bridgehead atoms. The predicted octanol–water partition coefficient (Wildman–Crippen LogP) is 23.0. The van der Waals surface area contributed by atoms with Gasteiger partial charge in [-0.25, -0.2) is 0 Å². The van der Waals surface area contributed by atoms with Crippen molar-refractivity contribution in [2.75, 3.05) is 13.2 Å². The fraction of sp³-hybridized carbons (Fsp3) is 0.712. The first kappa shape index (κ1) is 75.1. The molecule has 0 saturated heterocycles. The monoisotopic (exact) mass is 1100 g/mol. The molecule has 0 aromatic rings. The van der Waals surface area contributed by atoms with Gasteiger partial charge < -0.3 is 14.2 Å². The molecule has 0 aliphatic carbocycles. The lowest BCUT2D eigenvalue weighted by Gasteiger charge is -2.18. The largest absolute Gasteiger partial charge is 0.462 e. The van der Waals surface area contributed by atoms with E-state index in [2.05, 4.69) is 130 Å². The molecule has 1 unspecified atom stereocenters. The third-order valence-electron chi connectivity index (χ3n) is 14.2. The lowest BCUT2D eigenvalue weighted by atomic mass is 10.0. The highest BCUT2D eigenvalue weighted by molar-refractivity contribution is 5.71. The third-order valence-corrected chi connectivity index (χ3v) is 14.2. The van der Waals surface area contributed by atoms with E-state index in [1.807, 2.05) is 0 Å². The van der Waals surface area contributed by atoms with Crippen LogP contribution in [0, 0.1) is 0 Å². The molecule has 0 fully saturated rings. The SMILES string of the molecule is CC/C=C\C/C=C\C/C=C\C/C=C\C/C=C\C/C=C\C/C=C\CCCC(=O)OC(COC(=O)CCCCCCC/C=C\C/C=C\CCC)COC(=O)CCCCCCCCCCCCCCCCCCCCCCCCCCC. The smallest absolute Gasteiger partial charge is 0.306 e. The molecule has 0 rings (SSSR count). The van der Waals surface area contributed by atoms with Crippen molar-refractivity contribution in [1.29, 1.82) is 0 Å². The van der Waals surface area contributed by atoms with E-state index < -0.39 is 6.10 Å². The van der Waals surface area contributed by atoms with Gasteiger partial charge in [0, 0.05) is 19.3 Å². The van der Waals surface area contributed by atoms with E-state index >= 15 is 0 Å². The van der Waals surface area contributed by atoms with Crippen LogP contribution in [-0.4, -0.2) is 37.2 Å². The summed E-state index contributed by atoms with van der Waals surface area (Å²) in [5.74, 6) is -0.970. The minimum Gasteiger partial charge on any atom is -0.462 e. The molecule has 0 spiro atoms. The van der Waals surface area contributed by atoms with E-state index in [1.54, 1.807) is 0 Å². The van der Waals surface area contributed by atoms with E-state index in [1.165, 1.54) is 148 Å². The third kappa shape index (κ3) is 64.8. The number of hydrogen-bond donors (Lipinski definition) is 0. The summed E-state index contributed by atoms with van der Waals surface area (Å²) in [5, 5.41) is 0. The van der Waals surface area contributed by atoms with Crippen molar-refractivity contribution in [2.45, 2.75) is 322 Å². The van der Waals surface area contributed by atoms with Crippen molar-refractivity contribution in [3.8, 4) is 0 Å². The second kappa shape index (κ2) is 66.6. The van der Waals surface area contributed by atoms with Crippen LogP contribution in [0.1, 0.15) is 316 Å². The number of unbranched alkanes of at least 4 members (excludes halogenated alkanes) is 31. The number of hydrogen-bond acceptors (Lipinski definition) is 6. The zero-order valence-corrected chi connectivity index (χ0v) is 51.9. The van der Waals surface area contributed by atoms with Gasteiger partial charge in [0.25, 0.3) is 0 Å². The molecule has 0 aromatic carbocycles. The number of rotatable bonds is 60. The van der Waals surface area contributed by atoms with Crippen molar-refractivity contribution >= 4 is 17.9 Å². The minimum atomic E-state index is -0.816. The Morgan fingerprint density at radius 2 is 0.532 bits per heavy atom. The average Bonchev–Trinajstić information content (AvgIpc) is 3.45. The molecule has 6 heteroatoms. The van der Waals surface area contributed by atoms with Gasteiger partial charge in [0.15, 0.2) is 6.10 Å². The van der Waals surface area contributed by atoms with E-state index in [0.29, 0.717) is 19.3 Å². The molecule has 452 valence electrons. The van der Waals surface area contributed by atoms with E-state index in [9.17, 15) is 14.4 Å². The Labute approximate surface area is 489 Å². The van der Waals surface area contributed by atoms with Gasteiger partial charge in [-0.2, -0.15) is 0 Å². The number of ether oxygens (including phenoxy) is 3. The first-order chi connectivity index (χ1) is 39.0. The standard InChI is InChI=1S/C73H124O6/c1-4-7-10-13-16-19-22-25-27-29-31-33-35-36-38-39-41-43-45-48-51-54-57-60-63-66-72(75)78-69-70(68-77-71(74)65-62-59-56-53-50-47-24-21-18-15-12-9-6-3)79-73(76)67-64-61-58-55-52-49-46-44-42-40-37-34-32-30-28-26-23-20-17-14-11-8-5-2/h8,11-12,15,17,20-21,24,26,28,32,34,40,42,46,49,55,58,70H,4-7,9-10,13-14,16,18-19,22-23,25,27,29-31,33,35-39,41,43-45,47-48,50-54,56-57,59-69H2,1-3H3/b11-8-,15-12-,20-17-,24-21-,28-26-,34-32-,42-40-,49-46-,58-55-. The maximum Gasteiger partial charge on any atom is 0.306 e. The van der Waals surface area contributed by atoms with Crippen LogP contribution in [0.15, 0.2) is 109 Å². The summed E-state index contributed by atoms with van der Waals surface area (Å²) >= 11 is 0. The zero-order valence-electron chi connectivity index (χ0n) is 51.9. The molecule has 6 nitrogen and oxygen atoms in total. The number of esters is 3. The lowest BCUT2D eigenvalue weighted by molar-refractivity contribution is -0.167. The Morgan fingerprint density at radius 1 is 0.266 bits per heavy atom. The summed E-state index contributed by atoms with van der Waals surface area (Å²) < 4.78 is 16.9. The maximum absolute atomic E-state index is 12.9. The van der Waals surface area contributed by atoms with Crippen LogP contribution < -0.4 is 0 Å². The van der Waals surface area contributed by atoms with Crippen molar-refractivity contribution in [1.82, 2.24) is 0 Å². The summed E-state index contributed by atoms with van der Waals surface area (Å²) in [5.41, 5.74) is 0. The molecule has 1 atom stereocenters. The first-order valence-electron chi connectivity index (χ1n) is 33.4. The van der Waals surface area contributed by atoms with Gasteiger partial charge in [0.2, 0.25) is 0 Å². The Morgan fingerprint density at radius 3 is 0.861 bits per heavy atom. The van der Waals surface area contributed by atoms with Crippen molar-refractivity contribution < 1.29 is 28.6 Å². The predicted molar refractivity (Wildman–Crippen MR) is 343 cm³/mol. The fourth-order valence-corrected chi connectivity index (χ4v) is 9.30. The van der Waals surface area contributed by atoms with Crippen LogP contribution in [0.25, 0.3) is 0 Å². The molecule has 0 aliphatic heterocycles. The van der Waals surface area contributed by atoms with Crippen LogP contribution in [0.4, 0.5) is 0 Å². The van der Waals surface area contributed by atoms with Crippen LogP contribution in [0.5, 0.6) is 0 Å². The molecular weight excluding hydrogens is 973 g/mol. The topological polar surface area (TPSA) is 78.9 Å². The number of carbonyl (C=O) groups is 3. The van der Waals surface area contributed by atoms with Gasteiger partial charge in [-0.1, -0.05) is 310 Å². The highest BCUT2D eigenvalue weighted by Gasteiger charge is 2.19. The van der Waals surface area contributed by atoms with Gasteiger partial charge in [-0.05, 0) is 96.3 Å². The molecule has 0 amide bonds. The van der Waals surface area contributed by atoms with Gasteiger partial charge in [-0.15, -0.1) is 0 Å². The average molecular weight is 1100 g/mol. The minimum absolute atomic E-state index is 0.105. The zero-order chi connectivity index (χ0) is 57.1. The molecule has 0 aromatic heterocycles. The number of carbonyl (C=O) groups excluding carboxylic acids is 3. The van der Waals surface area contributed by atoms with Gasteiger partial charge in [0.05, 0.1) is 0 Å². The van der Waals surface area contributed by atoms with Gasteiger partial charge >= 0.3 is 17.9 Å². The molecular formula is C73H124O6. The van der Waals surface area contributed by atoms with Crippen molar-refractivity contribution in [2.24, 2.45) is 0 Å². The lowest BCUT2D eigenvalue weighted by Crippen LogP contribution is -2.30. The Balaban J connectivity index is 4.38. The first-order valence-corrected chi connectivity index (χ1v) is 33.4. The van der Waals surface area contributed by atoms with Crippen LogP contribution in [0.2, 0.25) is 0 Å². The van der Waals surface area contributed by atoms with E-state index in [-0.39, 0.29) is 37.5 Å². The summed E-state index contributed by atoms with van der Waals surface area (Å²) in [6.45, 7) is 6.44. The fourth-order valence-electron chi connectivity index (χ4n) is 9.30. The van der Waals surface area contributed by atoms with Crippen LogP contribution >= 0.6 is 0 Å². The molecule has 0 N–H and O–H groups in total. The highest BCUT2D eigenvalue weighted by Crippen LogP contribution is 2.17. The molecule has 79 heavy (non-hydrogen) atoms. The molecule has 0 heterocycles. The Hall–Kier alpha value is -3.93. The Kier molecular flexibility index (Phi) is 63.3. The van der Waals surface area contributed by atoms with Crippen LogP contribution in [-0.2, 0) is 28.6 Å². The summed E-state index contributed by atoms with van der Waals surface area (Å²) in [6.07, 6.45) is 91.2. The maximum atomic E-state index is 12.9. The molecule has 0 saturated carbocycles. The number of allylic oxidation sites excluding steroid dienone is 18. The summed E-state index contributed by atoms with van der Waals surface area (Å²) in [6, 6.07) is 0. The summed E-state index contributed by atoms with van der Waals surface area (Å²) in [4.78, 5) is 38.3. The molecule has 0 radical (unpaired) electrons. The second-order valence-electron chi connectivity index (χ2n) is 22.0. The summed E-state index contributed by atoms with van der Waals surface area (Å²) in [7, 11) is 0. The van der Waals surface area contributed by atoms with Crippen LogP contribution in [0.3, 0.4) is 0 Å². The van der Waals surface area contributed by atoms with Crippen molar-refractivity contribution in [3.63, 3.8) is 0 Å². The second-order valence-corrected chi connectivity index (χ2v) is 22.0. The normalized spacial score (nSPS) is 12.8. The van der Waals surface area contributed by atoms with Crippen molar-refractivity contribution in [3.05, 3.63) is 109 Å². The highest BCUT2D eigenvalue weighted by atomic mass is 16.6. The molecule has 0 aliphatic rings. The van der Waals surface area contributed by atoms with Gasteiger partial charge in [0.1, 0.15) is 13.2 Å². The van der Waals surface area contributed by atoms with E-state index in [0.717, 1.165) is 122 Å². The van der Waals surface area contributed by atoms with E-state index in [4.69, 9.17) is 14.2 Å². The Bertz CT molecular complexity index is 1590.